The molecule has 0 fully saturated rings. The molecule has 1 aromatic heterocycles. The fourth-order valence-electron chi connectivity index (χ4n) is 2.95. The minimum absolute atomic E-state index is 0.0666. The Morgan fingerprint density at radius 3 is 2.48 bits per heavy atom. The van der Waals surface area contributed by atoms with Crippen LogP contribution in [0.4, 0.5) is 0 Å². The number of carbonyl (C=O) groups excluding carboxylic acids is 2. The van der Waals surface area contributed by atoms with Crippen molar-refractivity contribution in [1.82, 2.24) is 10.3 Å². The van der Waals surface area contributed by atoms with Crippen LogP contribution in [0.25, 0.3) is 0 Å². The van der Waals surface area contributed by atoms with E-state index < -0.39 is 0 Å². The molecule has 0 bridgehead atoms. The number of carbonyl (C=O) groups is 2. The van der Waals surface area contributed by atoms with Crippen LogP contribution >= 0.6 is 0 Å². The van der Waals surface area contributed by atoms with Crippen LogP contribution in [0, 0.1) is 0 Å². The highest BCUT2D eigenvalue weighted by atomic mass is 16.5. The lowest BCUT2D eigenvalue weighted by Crippen LogP contribution is -2.23. The Morgan fingerprint density at radius 2 is 1.74 bits per heavy atom. The Labute approximate surface area is 182 Å². The molecule has 3 aromatic rings. The van der Waals surface area contributed by atoms with Crippen molar-refractivity contribution in [1.29, 1.82) is 0 Å². The highest BCUT2D eigenvalue weighted by Gasteiger charge is 2.10. The number of ether oxygens (including phenoxy) is 2. The molecule has 0 aliphatic rings. The van der Waals surface area contributed by atoms with Gasteiger partial charge in [-0.15, -0.1) is 0 Å². The number of ketones is 1. The Balaban J connectivity index is 1.42. The molecule has 0 atom stereocenters. The minimum Gasteiger partial charge on any atom is -0.494 e. The van der Waals surface area contributed by atoms with Crippen molar-refractivity contribution >= 4 is 11.7 Å². The molecule has 0 spiro atoms. The van der Waals surface area contributed by atoms with Gasteiger partial charge in [0.2, 0.25) is 5.91 Å². The summed E-state index contributed by atoms with van der Waals surface area (Å²) in [7, 11) is 0. The van der Waals surface area contributed by atoms with Crippen LogP contribution < -0.4 is 14.8 Å². The van der Waals surface area contributed by atoms with Crippen LogP contribution in [0.3, 0.4) is 0 Å². The molecular weight excluding hydrogens is 392 g/mol. The predicted octanol–water partition coefficient (Wildman–Crippen LogP) is 4.34. The van der Waals surface area contributed by atoms with E-state index in [1.165, 1.54) is 0 Å². The molecular formula is C25H26N2O4. The maximum atomic E-state index is 12.3. The molecule has 1 amide bonds. The van der Waals surface area contributed by atoms with Gasteiger partial charge in [0.05, 0.1) is 12.3 Å². The topological polar surface area (TPSA) is 77.5 Å². The molecule has 31 heavy (non-hydrogen) atoms. The maximum Gasteiger partial charge on any atom is 0.220 e. The molecule has 0 saturated carbocycles. The molecule has 160 valence electrons. The van der Waals surface area contributed by atoms with Gasteiger partial charge in [-0.1, -0.05) is 18.2 Å². The Kier molecular flexibility index (Phi) is 8.17. The highest BCUT2D eigenvalue weighted by molar-refractivity contribution is 5.98. The zero-order valence-corrected chi connectivity index (χ0v) is 17.5. The summed E-state index contributed by atoms with van der Waals surface area (Å²) in [6, 6.07) is 20.2. The van der Waals surface area contributed by atoms with Crippen molar-refractivity contribution in [3.8, 4) is 11.5 Å². The lowest BCUT2D eigenvalue weighted by Gasteiger charge is -2.09. The van der Waals surface area contributed by atoms with E-state index in [9.17, 15) is 9.59 Å². The van der Waals surface area contributed by atoms with Gasteiger partial charge in [0.15, 0.2) is 5.78 Å². The van der Waals surface area contributed by atoms with E-state index in [0.29, 0.717) is 31.1 Å². The third-order valence-electron chi connectivity index (χ3n) is 4.57. The van der Waals surface area contributed by atoms with Gasteiger partial charge in [0.1, 0.15) is 18.1 Å². The number of nitrogens with one attached hydrogen (secondary N) is 1. The van der Waals surface area contributed by atoms with Crippen LogP contribution in [0.15, 0.2) is 72.9 Å². The van der Waals surface area contributed by atoms with Gasteiger partial charge in [-0.25, -0.2) is 0 Å². The third-order valence-corrected chi connectivity index (χ3v) is 4.57. The van der Waals surface area contributed by atoms with Gasteiger partial charge in [0, 0.05) is 31.1 Å². The molecule has 1 N–H and O–H groups in total. The molecule has 3 rings (SSSR count). The summed E-state index contributed by atoms with van der Waals surface area (Å²) in [5.41, 5.74) is 2.34. The average Bonchev–Trinajstić information content (AvgIpc) is 2.81. The van der Waals surface area contributed by atoms with E-state index in [2.05, 4.69) is 10.3 Å². The zero-order chi connectivity index (χ0) is 21.9. The first-order valence-corrected chi connectivity index (χ1v) is 10.3. The van der Waals surface area contributed by atoms with Gasteiger partial charge < -0.3 is 14.8 Å². The van der Waals surface area contributed by atoms with E-state index in [-0.39, 0.29) is 24.5 Å². The average molecular weight is 418 g/mol. The first kappa shape index (κ1) is 22.0. The molecule has 6 heteroatoms. The smallest absolute Gasteiger partial charge is 0.220 e. The first-order valence-electron chi connectivity index (χ1n) is 10.3. The monoisotopic (exact) mass is 418 g/mol. The quantitative estimate of drug-likeness (QED) is 0.469. The number of nitrogens with zero attached hydrogens (tertiary/aromatic N) is 1. The number of amides is 1. The first-order chi connectivity index (χ1) is 15.1. The van der Waals surface area contributed by atoms with Crippen LogP contribution in [0.2, 0.25) is 0 Å². The molecule has 0 saturated heterocycles. The summed E-state index contributed by atoms with van der Waals surface area (Å²) in [5.74, 6) is 1.20. The second-order valence-electron chi connectivity index (χ2n) is 6.91. The maximum absolute atomic E-state index is 12.3. The van der Waals surface area contributed by atoms with Crippen LogP contribution in [0.1, 0.15) is 41.4 Å². The lowest BCUT2D eigenvalue weighted by molar-refractivity contribution is -0.121. The molecule has 0 radical (unpaired) electrons. The van der Waals surface area contributed by atoms with Gasteiger partial charge in [-0.05, 0) is 61.0 Å². The number of aromatic nitrogens is 1. The molecule has 0 aliphatic carbocycles. The van der Waals surface area contributed by atoms with Crippen molar-refractivity contribution < 1.29 is 19.1 Å². The van der Waals surface area contributed by atoms with Crippen LogP contribution in [-0.4, -0.2) is 23.3 Å². The van der Waals surface area contributed by atoms with Crippen molar-refractivity contribution in [3.63, 3.8) is 0 Å². The van der Waals surface area contributed by atoms with E-state index in [0.717, 1.165) is 17.0 Å². The van der Waals surface area contributed by atoms with Gasteiger partial charge in [-0.2, -0.15) is 0 Å². The lowest BCUT2D eigenvalue weighted by atomic mass is 10.1. The van der Waals surface area contributed by atoms with Crippen molar-refractivity contribution in [2.24, 2.45) is 0 Å². The van der Waals surface area contributed by atoms with Crippen LogP contribution in [-0.2, 0) is 17.9 Å². The summed E-state index contributed by atoms with van der Waals surface area (Å²) in [6.45, 7) is 3.23. The Bertz CT molecular complexity index is 988. The molecule has 2 aromatic carbocycles. The largest absolute Gasteiger partial charge is 0.494 e. The Morgan fingerprint density at radius 1 is 0.903 bits per heavy atom. The van der Waals surface area contributed by atoms with Gasteiger partial charge in [-0.3, -0.25) is 14.6 Å². The van der Waals surface area contributed by atoms with Crippen LogP contribution in [0.5, 0.6) is 11.5 Å². The number of rotatable bonds is 11. The summed E-state index contributed by atoms with van der Waals surface area (Å²) in [4.78, 5) is 28.7. The standard InChI is InChI=1S/C25H26N2O4/c1-2-30-22-11-9-20(10-12-22)24(28)13-14-25(29)27-17-19-6-5-8-23(16-19)31-18-21-7-3-4-15-26-21/h3-12,15-16H,2,13-14,17-18H2,1H3,(H,27,29). The summed E-state index contributed by atoms with van der Waals surface area (Å²) in [6.07, 6.45) is 2.03. The summed E-state index contributed by atoms with van der Waals surface area (Å²) < 4.78 is 11.1. The van der Waals surface area contributed by atoms with E-state index >= 15 is 0 Å². The molecule has 0 aliphatic heterocycles. The normalized spacial score (nSPS) is 10.4. The summed E-state index contributed by atoms with van der Waals surface area (Å²) >= 11 is 0. The van der Waals surface area contributed by atoms with E-state index in [4.69, 9.17) is 9.47 Å². The number of pyridine rings is 1. The molecule has 6 nitrogen and oxygen atoms in total. The number of benzene rings is 2. The van der Waals surface area contributed by atoms with E-state index in [1.54, 1.807) is 30.5 Å². The van der Waals surface area contributed by atoms with Crippen molar-refractivity contribution in [2.45, 2.75) is 32.9 Å². The summed E-state index contributed by atoms with van der Waals surface area (Å²) in [5, 5.41) is 2.85. The second-order valence-corrected chi connectivity index (χ2v) is 6.91. The SMILES string of the molecule is CCOc1ccc(C(=O)CCC(=O)NCc2cccc(OCc3ccccn3)c2)cc1. The fraction of sp³-hybridized carbons (Fsp3) is 0.240. The van der Waals surface area contributed by atoms with E-state index in [1.807, 2.05) is 49.4 Å². The van der Waals surface area contributed by atoms with Gasteiger partial charge in [0.25, 0.3) is 0 Å². The third kappa shape index (κ3) is 7.26. The zero-order valence-electron chi connectivity index (χ0n) is 17.5. The number of hydrogen-bond acceptors (Lipinski definition) is 5. The second kappa shape index (κ2) is 11.5. The number of hydrogen-bond donors (Lipinski definition) is 1. The molecule has 0 unspecified atom stereocenters. The molecule has 1 heterocycles. The Hall–Kier alpha value is -3.67. The number of Topliss-reactive ketones (excluding diaryl/α,β-unsaturated/α-hetero) is 1. The minimum atomic E-state index is -0.168. The van der Waals surface area contributed by atoms with Crippen molar-refractivity contribution in [2.75, 3.05) is 6.61 Å². The van der Waals surface area contributed by atoms with Crippen molar-refractivity contribution in [3.05, 3.63) is 89.7 Å². The van der Waals surface area contributed by atoms with Gasteiger partial charge >= 0.3 is 0 Å². The highest BCUT2D eigenvalue weighted by Crippen LogP contribution is 2.16. The fourth-order valence-corrected chi connectivity index (χ4v) is 2.95. The predicted molar refractivity (Wildman–Crippen MR) is 118 cm³/mol.